The molecule has 0 aliphatic rings. The Balaban J connectivity index is 2.99. The van der Waals surface area contributed by atoms with Crippen LogP contribution >= 0.6 is 0 Å². The van der Waals surface area contributed by atoms with Crippen LogP contribution in [0.15, 0.2) is 0 Å². The predicted molar refractivity (Wildman–Crippen MR) is 75.4 cm³/mol. The SMILES string of the molecule is CCCCCCCCCC[CH2][Sb+]([CH3])([CH3])[CH3]. The average molecular weight is 322 g/mol. The average Bonchev–Trinajstić information content (AvgIpc) is 2.14. The van der Waals surface area contributed by atoms with Crippen molar-refractivity contribution >= 4 is 18.8 Å². The molecule has 0 atom stereocenters. The van der Waals surface area contributed by atoms with Crippen LogP contribution in [-0.2, 0) is 0 Å². The third-order valence-electron chi connectivity index (χ3n) is 2.93. The summed E-state index contributed by atoms with van der Waals surface area (Å²) < 4.78 is 1.59. The van der Waals surface area contributed by atoms with Gasteiger partial charge in [-0.25, -0.2) is 0 Å². The second kappa shape index (κ2) is 10.0. The first kappa shape index (κ1) is 15.8. The van der Waals surface area contributed by atoms with Crippen LogP contribution in [0.3, 0.4) is 0 Å². The van der Waals surface area contributed by atoms with Crippen LogP contribution in [0.4, 0.5) is 0 Å². The first-order chi connectivity index (χ1) is 7.06. The van der Waals surface area contributed by atoms with E-state index in [9.17, 15) is 0 Å². The van der Waals surface area contributed by atoms with Gasteiger partial charge in [0.2, 0.25) is 0 Å². The molecule has 0 aliphatic carbocycles. The fourth-order valence-electron chi connectivity index (χ4n) is 1.90. The van der Waals surface area contributed by atoms with E-state index in [0.717, 1.165) is 0 Å². The monoisotopic (exact) mass is 321 g/mol. The summed E-state index contributed by atoms with van der Waals surface area (Å²) in [5, 5.41) is 0. The molecular formula is C14H32Sb+. The van der Waals surface area contributed by atoms with Gasteiger partial charge in [-0.3, -0.25) is 0 Å². The maximum absolute atomic E-state index is 2.54. The van der Waals surface area contributed by atoms with Crippen LogP contribution in [0.5, 0.6) is 0 Å². The maximum atomic E-state index is 2.54. The zero-order valence-corrected chi connectivity index (χ0v) is 14.1. The minimum atomic E-state index is -1.31. The van der Waals surface area contributed by atoms with E-state index < -0.39 is 18.8 Å². The summed E-state index contributed by atoms with van der Waals surface area (Å²) in [5.74, 6) is 0. The number of unbranched alkanes of at least 4 members (excludes halogenated alkanes) is 8. The molecule has 0 heterocycles. The molecule has 0 spiro atoms. The van der Waals surface area contributed by atoms with Crippen molar-refractivity contribution in [2.75, 3.05) is 0 Å². The van der Waals surface area contributed by atoms with Gasteiger partial charge < -0.3 is 0 Å². The standard InChI is InChI=1S/C11H23.3CH3.Sb/c1-3-5-7-9-11-10-8-6-4-2;;;;/h1,3-11H2,2H3;3*1H3;/q;;;;+1. The summed E-state index contributed by atoms with van der Waals surface area (Å²) >= 11 is -1.31. The molecule has 0 aromatic rings. The zero-order valence-electron chi connectivity index (χ0n) is 11.5. The molecule has 0 aromatic carbocycles. The molecule has 0 radical (unpaired) electrons. The number of rotatable bonds is 10. The minimum absolute atomic E-state index is 1.31. The molecule has 0 fully saturated rings. The van der Waals surface area contributed by atoms with Crippen LogP contribution in [0.2, 0.25) is 19.0 Å². The Bertz CT molecular complexity index is 124. The van der Waals surface area contributed by atoms with Crippen molar-refractivity contribution in [3.05, 3.63) is 0 Å². The fourth-order valence-corrected chi connectivity index (χ4v) is 5.24. The summed E-state index contributed by atoms with van der Waals surface area (Å²) in [5.41, 5.74) is 0. The molecular weight excluding hydrogens is 290 g/mol. The Labute approximate surface area is 102 Å². The summed E-state index contributed by atoms with van der Waals surface area (Å²) in [6.07, 6.45) is 13.2. The van der Waals surface area contributed by atoms with Gasteiger partial charge in [0.05, 0.1) is 0 Å². The number of hydrogen-bond donors (Lipinski definition) is 0. The summed E-state index contributed by atoms with van der Waals surface area (Å²) in [6, 6.07) is 0. The molecule has 0 unspecified atom stereocenters. The summed E-state index contributed by atoms with van der Waals surface area (Å²) in [6.45, 7) is 2.29. The van der Waals surface area contributed by atoms with Crippen LogP contribution < -0.4 is 0 Å². The van der Waals surface area contributed by atoms with E-state index in [1.54, 1.807) is 4.37 Å². The Kier molecular flexibility index (Phi) is 10.5. The summed E-state index contributed by atoms with van der Waals surface area (Å²) in [7, 11) is 0. The Morgan fingerprint density at radius 2 is 1.00 bits per heavy atom. The van der Waals surface area contributed by atoms with E-state index in [1.165, 1.54) is 57.8 Å². The quantitative estimate of drug-likeness (QED) is 0.349. The molecule has 0 aliphatic heterocycles. The third kappa shape index (κ3) is 14.8. The van der Waals surface area contributed by atoms with Crippen molar-refractivity contribution in [2.24, 2.45) is 0 Å². The van der Waals surface area contributed by atoms with Gasteiger partial charge in [0, 0.05) is 0 Å². The molecule has 0 amide bonds. The third-order valence-corrected chi connectivity index (χ3v) is 7.66. The van der Waals surface area contributed by atoms with Gasteiger partial charge in [0.1, 0.15) is 0 Å². The molecule has 0 bridgehead atoms. The Morgan fingerprint density at radius 3 is 1.40 bits per heavy atom. The van der Waals surface area contributed by atoms with Crippen LogP contribution in [-0.4, -0.2) is 18.8 Å². The van der Waals surface area contributed by atoms with E-state index in [-0.39, 0.29) is 0 Å². The molecule has 15 heavy (non-hydrogen) atoms. The van der Waals surface area contributed by atoms with Gasteiger partial charge in [-0.15, -0.1) is 0 Å². The van der Waals surface area contributed by atoms with Crippen molar-refractivity contribution < 1.29 is 0 Å². The first-order valence-corrected chi connectivity index (χ1v) is 16.3. The molecule has 0 aromatic heterocycles. The Morgan fingerprint density at radius 1 is 0.600 bits per heavy atom. The fraction of sp³-hybridized carbons (Fsp3) is 1.00. The molecule has 0 saturated carbocycles. The second-order valence-electron chi connectivity index (χ2n) is 5.84. The van der Waals surface area contributed by atoms with E-state index in [2.05, 4.69) is 21.5 Å². The van der Waals surface area contributed by atoms with Crippen molar-refractivity contribution in [1.82, 2.24) is 0 Å². The van der Waals surface area contributed by atoms with Crippen molar-refractivity contribution in [3.63, 3.8) is 0 Å². The van der Waals surface area contributed by atoms with E-state index in [1.807, 2.05) is 0 Å². The number of hydrogen-bond acceptors (Lipinski definition) is 0. The van der Waals surface area contributed by atoms with Crippen molar-refractivity contribution in [1.29, 1.82) is 0 Å². The topological polar surface area (TPSA) is 0 Å². The van der Waals surface area contributed by atoms with Crippen LogP contribution in [0.25, 0.3) is 0 Å². The molecule has 0 rings (SSSR count). The predicted octanol–water partition coefficient (Wildman–Crippen LogP) is 5.86. The molecule has 1 heteroatoms. The van der Waals surface area contributed by atoms with E-state index in [4.69, 9.17) is 0 Å². The summed E-state index contributed by atoms with van der Waals surface area (Å²) in [4.78, 5) is 7.63. The van der Waals surface area contributed by atoms with Crippen LogP contribution in [0.1, 0.15) is 64.7 Å². The van der Waals surface area contributed by atoms with Crippen LogP contribution in [0, 0.1) is 0 Å². The van der Waals surface area contributed by atoms with Gasteiger partial charge in [-0.2, -0.15) is 0 Å². The van der Waals surface area contributed by atoms with Gasteiger partial charge in [0.15, 0.2) is 0 Å². The molecule has 92 valence electrons. The van der Waals surface area contributed by atoms with E-state index in [0.29, 0.717) is 0 Å². The molecule has 0 nitrogen and oxygen atoms in total. The normalized spacial score (nSPS) is 12.0. The van der Waals surface area contributed by atoms with Gasteiger partial charge in [0.25, 0.3) is 0 Å². The second-order valence-corrected chi connectivity index (χ2v) is 20.2. The van der Waals surface area contributed by atoms with Gasteiger partial charge in [-0.05, 0) is 0 Å². The van der Waals surface area contributed by atoms with Crippen molar-refractivity contribution in [3.8, 4) is 0 Å². The molecule has 0 saturated heterocycles. The molecule has 0 N–H and O–H groups in total. The van der Waals surface area contributed by atoms with E-state index >= 15 is 0 Å². The van der Waals surface area contributed by atoms with Gasteiger partial charge in [-0.1, -0.05) is 0 Å². The van der Waals surface area contributed by atoms with Crippen molar-refractivity contribution in [2.45, 2.75) is 83.7 Å². The Hall–Kier alpha value is 0.818. The zero-order chi connectivity index (χ0) is 11.6. The first-order valence-electron chi connectivity index (χ1n) is 6.86. The van der Waals surface area contributed by atoms with Gasteiger partial charge >= 0.3 is 102 Å².